The van der Waals surface area contributed by atoms with Crippen molar-refractivity contribution in [1.82, 2.24) is 18.9 Å². The first kappa shape index (κ1) is 27.3. The summed E-state index contributed by atoms with van der Waals surface area (Å²) in [7, 11) is -6.45. The standard InChI is InChI=1S/C44H34N4SSi2/c1-50(2)39-25-14-13-24-38(39)49-43-40(50)26-15-27-41(43)51(31-16-5-3-6-17-31,32-18-7-4-8-19-32)33-28-29-45-42(30-33)48-37-23-12-11-22-36(37)47-35-21-10-9-20-34(35)46-44(47)48/h3-30H,1-2H3/i1D3. The van der Waals surface area contributed by atoms with Crippen LogP contribution in [0.15, 0.2) is 180 Å². The van der Waals surface area contributed by atoms with Gasteiger partial charge in [-0.2, -0.15) is 0 Å². The summed E-state index contributed by atoms with van der Waals surface area (Å²) in [4.78, 5) is 12.4. The van der Waals surface area contributed by atoms with Crippen LogP contribution in [-0.4, -0.2) is 35.1 Å². The van der Waals surface area contributed by atoms with Crippen molar-refractivity contribution in [1.29, 1.82) is 0 Å². The Kier molecular flexibility index (Phi) is 6.17. The van der Waals surface area contributed by atoms with Crippen LogP contribution in [0.2, 0.25) is 13.0 Å². The van der Waals surface area contributed by atoms with Gasteiger partial charge in [0.25, 0.3) is 0 Å². The maximum Gasteiger partial charge on any atom is 0.221 e. The summed E-state index contributed by atoms with van der Waals surface area (Å²) < 4.78 is 31.6. The van der Waals surface area contributed by atoms with Crippen molar-refractivity contribution in [2.75, 3.05) is 0 Å². The summed E-state index contributed by atoms with van der Waals surface area (Å²) >= 11 is 1.73. The predicted molar refractivity (Wildman–Crippen MR) is 218 cm³/mol. The van der Waals surface area contributed by atoms with E-state index in [4.69, 9.17) is 14.1 Å². The van der Waals surface area contributed by atoms with Gasteiger partial charge in [0.15, 0.2) is 8.07 Å². The van der Waals surface area contributed by atoms with Crippen molar-refractivity contribution in [3.05, 3.63) is 170 Å². The Hall–Kier alpha value is -5.48. The molecule has 4 heterocycles. The summed E-state index contributed by atoms with van der Waals surface area (Å²) in [6.45, 7) is -0.115. The molecule has 0 amide bonds. The quantitative estimate of drug-likeness (QED) is 0.152. The van der Waals surface area contributed by atoms with Gasteiger partial charge < -0.3 is 0 Å². The minimum atomic E-state index is -3.25. The van der Waals surface area contributed by atoms with E-state index in [1.807, 2.05) is 37.0 Å². The van der Waals surface area contributed by atoms with Gasteiger partial charge in [0.2, 0.25) is 5.78 Å². The fraction of sp³-hybridized carbons (Fsp3) is 0.0455. The van der Waals surface area contributed by atoms with Crippen molar-refractivity contribution in [2.45, 2.75) is 22.8 Å². The minimum Gasteiger partial charge on any atom is -0.276 e. The zero-order valence-corrected chi connectivity index (χ0v) is 30.7. The van der Waals surface area contributed by atoms with E-state index in [1.54, 1.807) is 11.8 Å². The molecule has 0 aliphatic carbocycles. The largest absolute Gasteiger partial charge is 0.276 e. The number of pyridine rings is 1. The SMILES string of the molecule is [2H]C([2H])([2H])[Si]1(C)c2ccccc2Sc2c([Si](c3ccccc3)(c3ccccc3)c3ccnc(-n4c5ccccc5n5c6ccccc6nc45)c3)cccc21. The third-order valence-corrected chi connectivity index (χ3v) is 20.1. The second kappa shape index (κ2) is 11.5. The second-order valence-corrected chi connectivity index (χ2v) is 21.5. The molecule has 0 N–H and O–H groups in total. The van der Waals surface area contributed by atoms with Crippen LogP contribution >= 0.6 is 11.8 Å². The van der Waals surface area contributed by atoms with Crippen molar-refractivity contribution in [3.8, 4) is 5.82 Å². The molecule has 1 aliphatic heterocycles. The lowest BCUT2D eigenvalue weighted by Gasteiger charge is -2.40. The number of nitrogens with zero attached hydrogens (tertiary/aromatic N) is 4. The number of para-hydroxylation sites is 4. The van der Waals surface area contributed by atoms with E-state index in [9.17, 15) is 0 Å². The third kappa shape index (κ3) is 4.38. The van der Waals surface area contributed by atoms with Crippen LogP contribution in [0.3, 0.4) is 0 Å². The van der Waals surface area contributed by atoms with Gasteiger partial charge in [-0.3, -0.25) is 8.97 Å². The molecule has 0 saturated carbocycles. The van der Waals surface area contributed by atoms with E-state index in [0.717, 1.165) is 59.0 Å². The lowest BCUT2D eigenvalue weighted by atomic mass is 10.3. The molecule has 0 saturated heterocycles. The molecular formula is C44H34N4SSi2. The molecule has 51 heavy (non-hydrogen) atoms. The third-order valence-electron chi connectivity index (χ3n) is 10.5. The Morgan fingerprint density at radius 3 is 2.04 bits per heavy atom. The summed E-state index contributed by atoms with van der Waals surface area (Å²) in [5, 5.41) is 6.73. The number of hydrogen-bond donors (Lipinski definition) is 0. The van der Waals surface area contributed by atoms with E-state index in [2.05, 4.69) is 148 Å². The maximum absolute atomic E-state index is 9.06. The number of hydrogen-bond acceptors (Lipinski definition) is 3. The number of fused-ring (bicyclic) bond motifs is 7. The highest BCUT2D eigenvalue weighted by molar-refractivity contribution is 8.00. The molecule has 1 atom stereocenters. The molecule has 1 aliphatic rings. The molecule has 3 aromatic heterocycles. The van der Waals surface area contributed by atoms with Gasteiger partial charge >= 0.3 is 0 Å². The number of aromatic nitrogens is 4. The Bertz CT molecular complexity index is 2850. The van der Waals surface area contributed by atoms with Crippen molar-refractivity contribution in [2.24, 2.45) is 0 Å². The van der Waals surface area contributed by atoms with Gasteiger partial charge in [-0.15, -0.1) is 0 Å². The van der Waals surface area contributed by atoms with E-state index >= 15 is 0 Å². The monoisotopic (exact) mass is 709 g/mol. The van der Waals surface area contributed by atoms with Crippen LogP contribution in [-0.2, 0) is 0 Å². The maximum atomic E-state index is 9.06. The first-order valence-corrected chi connectivity index (χ1v) is 22.5. The van der Waals surface area contributed by atoms with Gasteiger partial charge in [-0.05, 0) is 73.6 Å². The Balaban J connectivity index is 1.32. The van der Waals surface area contributed by atoms with Gasteiger partial charge in [-0.25, -0.2) is 9.97 Å². The molecule has 7 heteroatoms. The fourth-order valence-corrected chi connectivity index (χ4v) is 18.5. The van der Waals surface area contributed by atoms with E-state index in [-0.39, 0.29) is 0 Å². The smallest absolute Gasteiger partial charge is 0.221 e. The van der Waals surface area contributed by atoms with Crippen LogP contribution in [0.5, 0.6) is 0 Å². The molecule has 0 bridgehead atoms. The van der Waals surface area contributed by atoms with Gasteiger partial charge in [0.05, 0.1) is 22.1 Å². The summed E-state index contributed by atoms with van der Waals surface area (Å²) in [5.41, 5.74) is 4.05. The van der Waals surface area contributed by atoms with E-state index < -0.39 is 22.6 Å². The topological polar surface area (TPSA) is 35.1 Å². The van der Waals surface area contributed by atoms with Crippen molar-refractivity contribution < 1.29 is 4.11 Å². The number of imidazole rings is 2. The first-order chi connectivity index (χ1) is 26.3. The Morgan fingerprint density at radius 1 is 0.627 bits per heavy atom. The highest BCUT2D eigenvalue weighted by Crippen LogP contribution is 2.34. The lowest BCUT2D eigenvalue weighted by Crippen LogP contribution is -2.76. The molecule has 10 rings (SSSR count). The molecular weight excluding hydrogens is 673 g/mol. The van der Waals surface area contributed by atoms with Crippen LogP contribution in [0, 0.1) is 0 Å². The fourth-order valence-electron chi connectivity index (χ4n) is 8.25. The van der Waals surface area contributed by atoms with Gasteiger partial charge in [-0.1, -0.05) is 146 Å². The predicted octanol–water partition coefficient (Wildman–Crippen LogP) is 6.49. The average molecular weight is 710 g/mol. The average Bonchev–Trinajstić information content (AvgIpc) is 3.74. The number of rotatable bonds is 5. The normalized spacial score (nSPS) is 16.8. The Morgan fingerprint density at radius 2 is 1.27 bits per heavy atom. The highest BCUT2D eigenvalue weighted by Gasteiger charge is 2.46. The van der Waals surface area contributed by atoms with Crippen LogP contribution < -0.4 is 31.1 Å². The van der Waals surface area contributed by atoms with Gasteiger partial charge in [0, 0.05) is 20.1 Å². The second-order valence-electron chi connectivity index (χ2n) is 13.4. The van der Waals surface area contributed by atoms with Crippen LogP contribution in [0.4, 0.5) is 0 Å². The van der Waals surface area contributed by atoms with E-state index in [0.29, 0.717) is 0 Å². The molecule has 244 valence electrons. The molecule has 0 radical (unpaired) electrons. The molecule has 1 unspecified atom stereocenters. The Labute approximate surface area is 307 Å². The summed E-state index contributed by atoms with van der Waals surface area (Å²) in [6, 6.07) is 57.4. The van der Waals surface area contributed by atoms with Crippen molar-refractivity contribution >= 4 is 86.9 Å². The van der Waals surface area contributed by atoms with Crippen LogP contribution in [0.1, 0.15) is 4.11 Å². The van der Waals surface area contributed by atoms with E-state index in [1.165, 1.54) is 15.6 Å². The molecule has 0 spiro atoms. The minimum absolute atomic E-state index is 0.780. The molecule has 6 aromatic carbocycles. The van der Waals surface area contributed by atoms with Gasteiger partial charge in [0.1, 0.15) is 13.9 Å². The van der Waals surface area contributed by atoms with Crippen LogP contribution in [0.25, 0.3) is 33.7 Å². The zero-order valence-electron chi connectivity index (χ0n) is 30.9. The molecule has 0 fully saturated rings. The molecule has 9 aromatic rings. The first-order valence-electron chi connectivity index (χ1n) is 18.7. The summed E-state index contributed by atoms with van der Waals surface area (Å²) in [5.74, 6) is 1.58. The highest BCUT2D eigenvalue weighted by atomic mass is 32.2. The molecule has 4 nitrogen and oxygen atoms in total. The zero-order chi connectivity index (χ0) is 36.7. The number of benzene rings is 6. The summed E-state index contributed by atoms with van der Waals surface area (Å²) in [6.07, 6.45) is 1.94. The van der Waals surface area contributed by atoms with Crippen molar-refractivity contribution in [3.63, 3.8) is 0 Å². The lowest BCUT2D eigenvalue weighted by molar-refractivity contribution is 1.04.